The van der Waals surface area contributed by atoms with E-state index in [1.54, 1.807) is 0 Å². The van der Waals surface area contributed by atoms with E-state index in [1.807, 2.05) is 31.1 Å². The van der Waals surface area contributed by atoms with E-state index in [0.29, 0.717) is 12.5 Å². The largest absolute Gasteiger partial charge is 0.335 e. The Morgan fingerprint density at radius 3 is 2.62 bits per heavy atom. The summed E-state index contributed by atoms with van der Waals surface area (Å²) in [6, 6.07) is 8.50. The van der Waals surface area contributed by atoms with Gasteiger partial charge in [0.15, 0.2) is 0 Å². The lowest BCUT2D eigenvalue weighted by Crippen LogP contribution is -2.37. The number of carbonyl (C=O) groups excluding carboxylic acids is 1. The fourth-order valence-electron chi connectivity index (χ4n) is 2.85. The predicted molar refractivity (Wildman–Crippen MR) is 97.6 cm³/mol. The first kappa shape index (κ1) is 18.2. The van der Waals surface area contributed by atoms with Crippen molar-refractivity contribution in [1.82, 2.24) is 14.5 Å². The molecule has 0 N–H and O–H groups in total. The van der Waals surface area contributed by atoms with Crippen LogP contribution in [-0.2, 0) is 17.9 Å². The smallest absolute Gasteiger partial charge is 0.225 e. The Morgan fingerprint density at radius 2 is 2.00 bits per heavy atom. The monoisotopic (exact) mass is 327 g/mol. The quantitative estimate of drug-likeness (QED) is 0.774. The molecule has 1 heterocycles. The first-order valence-corrected chi connectivity index (χ1v) is 8.71. The number of carbonyl (C=O) groups is 1. The molecule has 0 unspecified atom stereocenters. The number of rotatable bonds is 7. The third kappa shape index (κ3) is 4.95. The van der Waals surface area contributed by atoms with E-state index in [-0.39, 0.29) is 11.8 Å². The minimum Gasteiger partial charge on any atom is -0.335 e. The molecular weight excluding hydrogens is 298 g/mol. The maximum Gasteiger partial charge on any atom is 0.225 e. The molecule has 2 aromatic rings. The average molecular weight is 327 g/mol. The molecule has 0 bridgehead atoms. The van der Waals surface area contributed by atoms with E-state index in [0.717, 1.165) is 18.9 Å². The van der Waals surface area contributed by atoms with Crippen molar-refractivity contribution in [1.29, 1.82) is 0 Å². The van der Waals surface area contributed by atoms with Gasteiger partial charge in [-0.05, 0) is 18.4 Å². The summed E-state index contributed by atoms with van der Waals surface area (Å²) >= 11 is 0. The number of aromatic nitrogens is 2. The summed E-state index contributed by atoms with van der Waals surface area (Å²) in [5.41, 5.74) is 2.51. The average Bonchev–Trinajstić information content (AvgIpc) is 2.92. The molecule has 130 valence electrons. The van der Waals surface area contributed by atoms with Crippen LogP contribution in [0, 0.1) is 18.8 Å². The van der Waals surface area contributed by atoms with Gasteiger partial charge in [-0.3, -0.25) is 4.79 Å². The zero-order valence-corrected chi connectivity index (χ0v) is 15.5. The number of aryl methyl sites for hydroxylation is 1. The van der Waals surface area contributed by atoms with E-state index < -0.39 is 0 Å². The fourth-order valence-corrected chi connectivity index (χ4v) is 2.85. The van der Waals surface area contributed by atoms with Crippen molar-refractivity contribution in [3.05, 3.63) is 53.6 Å². The van der Waals surface area contributed by atoms with Gasteiger partial charge < -0.3 is 9.47 Å². The van der Waals surface area contributed by atoms with Gasteiger partial charge in [-0.1, -0.05) is 57.5 Å². The third-order valence-corrected chi connectivity index (χ3v) is 3.96. The molecule has 4 heteroatoms. The van der Waals surface area contributed by atoms with Gasteiger partial charge in [0.2, 0.25) is 5.91 Å². The number of imidazole rings is 1. The van der Waals surface area contributed by atoms with Crippen molar-refractivity contribution in [2.45, 2.75) is 47.7 Å². The lowest BCUT2D eigenvalue weighted by Gasteiger charge is -2.26. The zero-order chi connectivity index (χ0) is 17.7. The van der Waals surface area contributed by atoms with Crippen LogP contribution in [0.5, 0.6) is 0 Å². The maximum atomic E-state index is 12.5. The summed E-state index contributed by atoms with van der Waals surface area (Å²) in [5, 5.41) is 0. The standard InChI is InChI=1S/C20H29N3O/c1-15(2)12-23(20(24)16(3)4)14-19-21-9-10-22(19)13-18-8-6-7-17(5)11-18/h6-11,15-16H,12-14H2,1-5H3. The van der Waals surface area contributed by atoms with Crippen LogP contribution in [0.25, 0.3) is 0 Å². The van der Waals surface area contributed by atoms with E-state index >= 15 is 0 Å². The number of hydrogen-bond donors (Lipinski definition) is 0. The first-order valence-electron chi connectivity index (χ1n) is 8.71. The zero-order valence-electron chi connectivity index (χ0n) is 15.5. The van der Waals surface area contributed by atoms with Gasteiger partial charge in [0.1, 0.15) is 5.82 Å². The SMILES string of the molecule is Cc1cccc(Cn2ccnc2CN(CC(C)C)C(=O)C(C)C)c1. The van der Waals surface area contributed by atoms with Gasteiger partial charge in [-0.2, -0.15) is 0 Å². The van der Waals surface area contributed by atoms with Gasteiger partial charge in [0.05, 0.1) is 6.54 Å². The second-order valence-electron chi connectivity index (χ2n) is 7.23. The van der Waals surface area contributed by atoms with E-state index in [1.165, 1.54) is 11.1 Å². The minimum atomic E-state index is 0.00364. The second kappa shape index (κ2) is 8.13. The Bertz CT molecular complexity index is 673. The summed E-state index contributed by atoms with van der Waals surface area (Å²) in [6.45, 7) is 12.4. The van der Waals surface area contributed by atoms with E-state index in [9.17, 15) is 4.79 Å². The lowest BCUT2D eigenvalue weighted by atomic mass is 10.1. The Hall–Kier alpha value is -2.10. The molecule has 1 aromatic heterocycles. The van der Waals surface area contributed by atoms with Crippen LogP contribution in [0.1, 0.15) is 44.6 Å². The maximum absolute atomic E-state index is 12.5. The van der Waals surface area contributed by atoms with E-state index in [2.05, 4.69) is 54.6 Å². The van der Waals surface area contributed by atoms with Crippen LogP contribution >= 0.6 is 0 Å². The molecular formula is C20H29N3O. The van der Waals surface area contributed by atoms with Gasteiger partial charge in [-0.15, -0.1) is 0 Å². The summed E-state index contributed by atoms with van der Waals surface area (Å²) in [4.78, 5) is 18.9. The Kier molecular flexibility index (Phi) is 6.18. The van der Waals surface area contributed by atoms with Crippen LogP contribution in [0.4, 0.5) is 0 Å². The number of benzene rings is 1. The molecule has 24 heavy (non-hydrogen) atoms. The summed E-state index contributed by atoms with van der Waals surface area (Å²) in [7, 11) is 0. The van der Waals surface area contributed by atoms with Crippen LogP contribution in [-0.4, -0.2) is 26.9 Å². The van der Waals surface area contributed by atoms with Crippen molar-refractivity contribution in [3.63, 3.8) is 0 Å². The fraction of sp³-hybridized carbons (Fsp3) is 0.500. The summed E-state index contributed by atoms with van der Waals surface area (Å²) < 4.78 is 2.13. The highest BCUT2D eigenvalue weighted by atomic mass is 16.2. The molecule has 0 aliphatic carbocycles. The molecule has 1 amide bonds. The summed E-state index contributed by atoms with van der Waals surface area (Å²) in [6.07, 6.45) is 3.81. The van der Waals surface area contributed by atoms with Crippen LogP contribution in [0.15, 0.2) is 36.7 Å². The summed E-state index contributed by atoms with van der Waals surface area (Å²) in [5.74, 6) is 1.57. The first-order chi connectivity index (χ1) is 11.4. The highest BCUT2D eigenvalue weighted by molar-refractivity contribution is 5.78. The van der Waals surface area contributed by atoms with Crippen LogP contribution < -0.4 is 0 Å². The van der Waals surface area contributed by atoms with Crippen molar-refractivity contribution in [3.8, 4) is 0 Å². The lowest BCUT2D eigenvalue weighted by molar-refractivity contribution is -0.135. The van der Waals surface area contributed by atoms with Crippen molar-refractivity contribution in [2.75, 3.05) is 6.54 Å². The molecule has 4 nitrogen and oxygen atoms in total. The van der Waals surface area contributed by atoms with Gasteiger partial charge in [0.25, 0.3) is 0 Å². The molecule has 2 rings (SSSR count). The van der Waals surface area contributed by atoms with Crippen LogP contribution in [0.3, 0.4) is 0 Å². The number of nitrogens with zero attached hydrogens (tertiary/aromatic N) is 3. The molecule has 0 atom stereocenters. The molecule has 0 saturated heterocycles. The molecule has 0 fully saturated rings. The van der Waals surface area contributed by atoms with Gasteiger partial charge >= 0.3 is 0 Å². The second-order valence-corrected chi connectivity index (χ2v) is 7.23. The van der Waals surface area contributed by atoms with Crippen molar-refractivity contribution < 1.29 is 4.79 Å². The molecule has 1 aromatic carbocycles. The predicted octanol–water partition coefficient (Wildman–Crippen LogP) is 3.88. The number of hydrogen-bond acceptors (Lipinski definition) is 2. The molecule has 0 aliphatic heterocycles. The minimum absolute atomic E-state index is 0.00364. The van der Waals surface area contributed by atoms with Crippen LogP contribution in [0.2, 0.25) is 0 Å². The Labute approximate surface area is 145 Å². The highest BCUT2D eigenvalue weighted by Crippen LogP contribution is 2.13. The molecule has 0 radical (unpaired) electrons. The molecule has 0 saturated carbocycles. The molecule has 0 aliphatic rings. The van der Waals surface area contributed by atoms with Gasteiger partial charge in [-0.25, -0.2) is 4.98 Å². The normalized spacial score (nSPS) is 11.3. The highest BCUT2D eigenvalue weighted by Gasteiger charge is 2.20. The van der Waals surface area contributed by atoms with Crippen molar-refractivity contribution >= 4 is 5.91 Å². The van der Waals surface area contributed by atoms with E-state index in [4.69, 9.17) is 0 Å². The Balaban J connectivity index is 2.16. The van der Waals surface area contributed by atoms with Crippen molar-refractivity contribution in [2.24, 2.45) is 11.8 Å². The number of amides is 1. The topological polar surface area (TPSA) is 38.1 Å². The Morgan fingerprint density at radius 1 is 1.25 bits per heavy atom. The third-order valence-electron chi connectivity index (χ3n) is 3.96. The molecule has 0 spiro atoms. The van der Waals surface area contributed by atoms with Gasteiger partial charge in [0, 0.05) is 31.4 Å².